The van der Waals surface area contributed by atoms with Crippen LogP contribution in [0.1, 0.15) is 18.5 Å². The van der Waals surface area contributed by atoms with E-state index in [1.807, 2.05) is 18.3 Å². The first-order valence-electron chi connectivity index (χ1n) is 5.56. The maximum absolute atomic E-state index is 10.6. The van der Waals surface area contributed by atoms with E-state index in [4.69, 9.17) is 0 Å². The Bertz CT molecular complexity index is 345. The van der Waals surface area contributed by atoms with Crippen molar-refractivity contribution in [2.45, 2.75) is 19.4 Å². The number of aldehydes is 1. The molecule has 2 heterocycles. The fraction of sp³-hybridized carbons (Fsp3) is 0.500. The summed E-state index contributed by atoms with van der Waals surface area (Å²) < 4.78 is 1.01. The monoisotopic (exact) mass is 282 g/mol. The van der Waals surface area contributed by atoms with Crippen LogP contribution in [0.2, 0.25) is 0 Å². The smallest absolute Gasteiger partial charge is 0.123 e. The molecule has 0 radical (unpaired) electrons. The third-order valence-corrected chi connectivity index (χ3v) is 3.47. The Morgan fingerprint density at radius 2 is 2.19 bits per heavy atom. The normalized spacial score (nSPS) is 18.6. The van der Waals surface area contributed by atoms with E-state index in [0.29, 0.717) is 0 Å². The molecule has 0 amide bonds. The van der Waals surface area contributed by atoms with Gasteiger partial charge >= 0.3 is 0 Å². The van der Waals surface area contributed by atoms with Gasteiger partial charge in [0.25, 0.3) is 0 Å². The van der Waals surface area contributed by atoms with Crippen LogP contribution in [0.4, 0.5) is 0 Å². The van der Waals surface area contributed by atoms with E-state index in [2.05, 4.69) is 25.8 Å². The average Bonchev–Trinajstić information content (AvgIpc) is 2.33. The zero-order valence-corrected chi connectivity index (χ0v) is 10.7. The lowest BCUT2D eigenvalue weighted by molar-refractivity contribution is -0.112. The number of carbonyl (C=O) groups is 1. The summed E-state index contributed by atoms with van der Waals surface area (Å²) in [6.45, 7) is 2.89. The molecule has 0 atom stereocenters. The van der Waals surface area contributed by atoms with Gasteiger partial charge in [-0.3, -0.25) is 9.88 Å². The molecule has 16 heavy (non-hydrogen) atoms. The van der Waals surface area contributed by atoms with Gasteiger partial charge in [0.15, 0.2) is 0 Å². The molecular weight excluding hydrogens is 268 g/mol. The van der Waals surface area contributed by atoms with Crippen molar-refractivity contribution in [3.63, 3.8) is 0 Å². The van der Waals surface area contributed by atoms with Gasteiger partial charge in [0.2, 0.25) is 0 Å². The van der Waals surface area contributed by atoms with Crippen molar-refractivity contribution >= 4 is 22.2 Å². The van der Waals surface area contributed by atoms with Crippen LogP contribution in [0, 0.1) is 5.92 Å². The summed E-state index contributed by atoms with van der Waals surface area (Å²) in [5, 5.41) is 0. The highest BCUT2D eigenvalue weighted by atomic mass is 79.9. The fourth-order valence-electron chi connectivity index (χ4n) is 1.98. The van der Waals surface area contributed by atoms with Crippen molar-refractivity contribution in [2.24, 2.45) is 5.92 Å². The highest BCUT2D eigenvalue weighted by molar-refractivity contribution is 9.10. The minimum atomic E-state index is 0.272. The average molecular weight is 283 g/mol. The molecule has 0 spiro atoms. The van der Waals surface area contributed by atoms with Gasteiger partial charge in [-0.1, -0.05) is 0 Å². The van der Waals surface area contributed by atoms with Crippen LogP contribution in [0.15, 0.2) is 22.8 Å². The minimum Gasteiger partial charge on any atom is -0.303 e. The number of carbonyl (C=O) groups excluding carboxylic acids is 1. The minimum absolute atomic E-state index is 0.272. The first-order valence-corrected chi connectivity index (χ1v) is 6.35. The summed E-state index contributed by atoms with van der Waals surface area (Å²) in [5.74, 6) is 0.272. The van der Waals surface area contributed by atoms with Crippen molar-refractivity contribution in [3.05, 3.63) is 28.5 Å². The zero-order valence-electron chi connectivity index (χ0n) is 9.10. The van der Waals surface area contributed by atoms with Crippen LogP contribution in [0.5, 0.6) is 0 Å². The molecule has 0 saturated carbocycles. The van der Waals surface area contributed by atoms with Crippen molar-refractivity contribution in [2.75, 3.05) is 13.1 Å². The zero-order chi connectivity index (χ0) is 11.4. The fourth-order valence-corrected chi connectivity index (χ4v) is 2.21. The molecule has 86 valence electrons. The second-order valence-corrected chi connectivity index (χ2v) is 5.13. The van der Waals surface area contributed by atoms with Crippen LogP contribution in [0.25, 0.3) is 0 Å². The summed E-state index contributed by atoms with van der Waals surface area (Å²) in [7, 11) is 0. The van der Waals surface area contributed by atoms with Crippen LogP contribution < -0.4 is 0 Å². The Kier molecular flexibility index (Phi) is 4.07. The number of halogens is 1. The van der Waals surface area contributed by atoms with Gasteiger partial charge in [0, 0.05) is 23.1 Å². The lowest BCUT2D eigenvalue weighted by Crippen LogP contribution is -2.33. The van der Waals surface area contributed by atoms with Gasteiger partial charge in [0.1, 0.15) is 6.29 Å². The van der Waals surface area contributed by atoms with E-state index in [-0.39, 0.29) is 5.92 Å². The summed E-state index contributed by atoms with van der Waals surface area (Å²) in [4.78, 5) is 17.3. The number of hydrogen-bond donors (Lipinski definition) is 0. The number of pyridine rings is 1. The number of likely N-dealkylation sites (tertiary alicyclic amines) is 1. The van der Waals surface area contributed by atoms with Crippen LogP contribution in [0.3, 0.4) is 0 Å². The van der Waals surface area contributed by atoms with Crippen LogP contribution in [-0.4, -0.2) is 29.3 Å². The van der Waals surface area contributed by atoms with Crippen molar-refractivity contribution in [1.82, 2.24) is 9.88 Å². The van der Waals surface area contributed by atoms with Gasteiger partial charge in [-0.25, -0.2) is 0 Å². The first kappa shape index (κ1) is 11.7. The van der Waals surface area contributed by atoms with Gasteiger partial charge in [-0.15, -0.1) is 0 Å². The topological polar surface area (TPSA) is 33.2 Å². The van der Waals surface area contributed by atoms with E-state index >= 15 is 0 Å². The highest BCUT2D eigenvalue weighted by Crippen LogP contribution is 2.17. The predicted molar refractivity (Wildman–Crippen MR) is 66.0 cm³/mol. The second kappa shape index (κ2) is 5.55. The lowest BCUT2D eigenvalue weighted by Gasteiger charge is -2.29. The molecule has 0 aromatic carbocycles. The van der Waals surface area contributed by atoms with E-state index in [0.717, 1.165) is 48.9 Å². The van der Waals surface area contributed by atoms with E-state index in [1.54, 1.807) is 0 Å². The molecule has 0 N–H and O–H groups in total. The summed E-state index contributed by atoms with van der Waals surface area (Å²) >= 11 is 3.37. The van der Waals surface area contributed by atoms with E-state index < -0.39 is 0 Å². The number of piperidine rings is 1. The number of aromatic nitrogens is 1. The number of nitrogens with zero attached hydrogens (tertiary/aromatic N) is 2. The molecule has 1 fully saturated rings. The molecule has 0 bridgehead atoms. The Balaban J connectivity index is 1.86. The van der Waals surface area contributed by atoms with E-state index in [9.17, 15) is 4.79 Å². The molecule has 1 aromatic rings. The molecule has 0 unspecified atom stereocenters. The summed E-state index contributed by atoms with van der Waals surface area (Å²) in [6.07, 6.45) is 4.89. The van der Waals surface area contributed by atoms with Crippen molar-refractivity contribution in [1.29, 1.82) is 0 Å². The SMILES string of the molecule is O=CC1CCN(Cc2ccc(Br)cn2)CC1. The third-order valence-electron chi connectivity index (χ3n) is 3.00. The molecule has 2 rings (SSSR count). The molecule has 1 aliphatic rings. The molecule has 4 heteroatoms. The van der Waals surface area contributed by atoms with E-state index in [1.165, 1.54) is 0 Å². The molecular formula is C12H15BrN2O. The van der Waals surface area contributed by atoms with Gasteiger partial charge in [-0.2, -0.15) is 0 Å². The number of rotatable bonds is 3. The Labute approximate surface area is 104 Å². The molecule has 3 nitrogen and oxygen atoms in total. The molecule has 1 aliphatic heterocycles. The third kappa shape index (κ3) is 3.12. The predicted octanol–water partition coefficient (Wildman–Crippen LogP) is 2.26. The van der Waals surface area contributed by atoms with Crippen LogP contribution in [-0.2, 0) is 11.3 Å². The van der Waals surface area contributed by atoms with Gasteiger partial charge < -0.3 is 4.79 Å². The number of hydrogen-bond acceptors (Lipinski definition) is 3. The quantitative estimate of drug-likeness (QED) is 0.798. The highest BCUT2D eigenvalue weighted by Gasteiger charge is 2.18. The molecule has 0 aliphatic carbocycles. The van der Waals surface area contributed by atoms with Crippen LogP contribution >= 0.6 is 15.9 Å². The maximum Gasteiger partial charge on any atom is 0.123 e. The first-order chi connectivity index (χ1) is 7.78. The molecule has 1 aromatic heterocycles. The summed E-state index contributed by atoms with van der Waals surface area (Å²) in [6, 6.07) is 4.05. The Hall–Kier alpha value is -0.740. The van der Waals surface area contributed by atoms with Crippen molar-refractivity contribution in [3.8, 4) is 0 Å². The van der Waals surface area contributed by atoms with Crippen molar-refractivity contribution < 1.29 is 4.79 Å². The second-order valence-electron chi connectivity index (χ2n) is 4.22. The lowest BCUT2D eigenvalue weighted by atomic mass is 9.98. The standard InChI is InChI=1S/C12H15BrN2O/c13-11-1-2-12(14-7-11)8-15-5-3-10(9-16)4-6-15/h1-2,7,9-10H,3-6,8H2. The largest absolute Gasteiger partial charge is 0.303 e. The maximum atomic E-state index is 10.6. The Morgan fingerprint density at radius 3 is 2.75 bits per heavy atom. The Morgan fingerprint density at radius 1 is 1.44 bits per heavy atom. The summed E-state index contributed by atoms with van der Waals surface area (Å²) in [5.41, 5.74) is 1.09. The van der Waals surface area contributed by atoms with Gasteiger partial charge in [-0.05, 0) is 54.0 Å². The molecule has 1 saturated heterocycles. The van der Waals surface area contributed by atoms with Gasteiger partial charge in [0.05, 0.1) is 5.69 Å².